The van der Waals surface area contributed by atoms with E-state index in [1.165, 1.54) is 5.56 Å². The highest BCUT2D eigenvalue weighted by Crippen LogP contribution is 2.30. The first kappa shape index (κ1) is 15.1. The van der Waals surface area contributed by atoms with Crippen LogP contribution in [0.3, 0.4) is 0 Å². The summed E-state index contributed by atoms with van der Waals surface area (Å²) in [5, 5.41) is 3.34. The third kappa shape index (κ3) is 3.84. The van der Waals surface area contributed by atoms with Crippen molar-refractivity contribution >= 4 is 15.9 Å². The molecule has 0 saturated carbocycles. The largest absolute Gasteiger partial charge is 0.457 e. The maximum absolute atomic E-state index is 6.11. The van der Waals surface area contributed by atoms with Gasteiger partial charge in [0.25, 0.3) is 0 Å². The Hall–Kier alpha value is -1.32. The molecule has 0 aliphatic rings. The normalized spacial score (nSPS) is 10.6. The number of hydrogen-bond acceptors (Lipinski definition) is 2. The standard InChI is InChI=1S/C17H20BrNO/c1-4-19-11-14-10-15(18)7-8-16(14)20-17-9-12(2)5-6-13(17)3/h5-10,19H,4,11H2,1-3H3. The smallest absolute Gasteiger partial charge is 0.132 e. The predicted molar refractivity (Wildman–Crippen MR) is 87.5 cm³/mol. The zero-order valence-corrected chi connectivity index (χ0v) is 13.8. The molecule has 0 unspecified atom stereocenters. The Morgan fingerprint density at radius 2 is 1.85 bits per heavy atom. The summed E-state index contributed by atoms with van der Waals surface area (Å²) in [5.41, 5.74) is 3.51. The number of hydrogen-bond donors (Lipinski definition) is 1. The molecule has 0 aromatic heterocycles. The lowest BCUT2D eigenvalue weighted by molar-refractivity contribution is 0.469. The fourth-order valence-electron chi connectivity index (χ4n) is 1.98. The molecular weight excluding hydrogens is 314 g/mol. The molecule has 20 heavy (non-hydrogen) atoms. The van der Waals surface area contributed by atoms with Crippen molar-refractivity contribution in [2.45, 2.75) is 27.3 Å². The van der Waals surface area contributed by atoms with Crippen LogP contribution in [0.1, 0.15) is 23.6 Å². The molecule has 3 heteroatoms. The van der Waals surface area contributed by atoms with Gasteiger partial charge in [0.05, 0.1) is 0 Å². The molecule has 0 saturated heterocycles. The summed E-state index contributed by atoms with van der Waals surface area (Å²) in [4.78, 5) is 0. The van der Waals surface area contributed by atoms with Crippen LogP contribution in [0.4, 0.5) is 0 Å². The molecule has 2 rings (SSSR count). The van der Waals surface area contributed by atoms with Gasteiger partial charge >= 0.3 is 0 Å². The molecule has 0 radical (unpaired) electrons. The highest BCUT2D eigenvalue weighted by molar-refractivity contribution is 9.10. The minimum atomic E-state index is 0.802. The van der Waals surface area contributed by atoms with Gasteiger partial charge in [0.1, 0.15) is 11.5 Å². The van der Waals surface area contributed by atoms with E-state index in [0.29, 0.717) is 0 Å². The molecule has 0 bridgehead atoms. The molecule has 1 N–H and O–H groups in total. The van der Waals surface area contributed by atoms with Gasteiger partial charge in [-0.05, 0) is 55.8 Å². The van der Waals surface area contributed by atoms with E-state index in [2.05, 4.69) is 66.3 Å². The van der Waals surface area contributed by atoms with Crippen molar-refractivity contribution in [2.75, 3.05) is 6.54 Å². The fourth-order valence-corrected chi connectivity index (χ4v) is 2.39. The Bertz CT molecular complexity index is 596. The van der Waals surface area contributed by atoms with Crippen molar-refractivity contribution in [1.82, 2.24) is 5.32 Å². The summed E-state index contributed by atoms with van der Waals surface area (Å²) >= 11 is 3.52. The minimum Gasteiger partial charge on any atom is -0.457 e. The number of aryl methyl sites for hydroxylation is 2. The van der Waals surface area contributed by atoms with E-state index >= 15 is 0 Å². The summed E-state index contributed by atoms with van der Waals surface area (Å²) in [7, 11) is 0. The summed E-state index contributed by atoms with van der Waals surface area (Å²) < 4.78 is 7.18. The Kier molecular flexibility index (Phi) is 5.21. The number of nitrogens with one attached hydrogen (secondary N) is 1. The van der Waals surface area contributed by atoms with Crippen LogP contribution in [-0.2, 0) is 6.54 Å². The second-order valence-corrected chi connectivity index (χ2v) is 5.82. The van der Waals surface area contributed by atoms with Gasteiger partial charge < -0.3 is 10.1 Å². The van der Waals surface area contributed by atoms with Crippen molar-refractivity contribution in [3.63, 3.8) is 0 Å². The molecule has 2 nitrogen and oxygen atoms in total. The van der Waals surface area contributed by atoms with Gasteiger partial charge in [-0.1, -0.05) is 35.0 Å². The first-order chi connectivity index (χ1) is 9.60. The monoisotopic (exact) mass is 333 g/mol. The van der Waals surface area contributed by atoms with E-state index in [-0.39, 0.29) is 0 Å². The molecular formula is C17H20BrNO. The summed E-state index contributed by atoms with van der Waals surface area (Å²) in [6.45, 7) is 7.99. The van der Waals surface area contributed by atoms with Gasteiger partial charge in [-0.15, -0.1) is 0 Å². The average Bonchev–Trinajstić information content (AvgIpc) is 2.43. The summed E-state index contributed by atoms with van der Waals surface area (Å²) in [6.07, 6.45) is 0. The van der Waals surface area contributed by atoms with Gasteiger partial charge in [0, 0.05) is 16.6 Å². The maximum Gasteiger partial charge on any atom is 0.132 e. The average molecular weight is 334 g/mol. The highest BCUT2D eigenvalue weighted by atomic mass is 79.9. The van der Waals surface area contributed by atoms with Crippen LogP contribution in [0.5, 0.6) is 11.5 Å². The van der Waals surface area contributed by atoms with E-state index in [1.54, 1.807) is 0 Å². The molecule has 0 spiro atoms. The van der Waals surface area contributed by atoms with Crippen molar-refractivity contribution < 1.29 is 4.74 Å². The van der Waals surface area contributed by atoms with E-state index in [4.69, 9.17) is 4.74 Å². The van der Waals surface area contributed by atoms with Crippen LogP contribution < -0.4 is 10.1 Å². The zero-order chi connectivity index (χ0) is 14.5. The Balaban J connectivity index is 2.30. The van der Waals surface area contributed by atoms with Crippen molar-refractivity contribution in [3.8, 4) is 11.5 Å². The van der Waals surface area contributed by atoms with E-state index in [0.717, 1.165) is 40.2 Å². The Labute approximate surface area is 129 Å². The zero-order valence-electron chi connectivity index (χ0n) is 12.2. The van der Waals surface area contributed by atoms with Gasteiger partial charge in [-0.3, -0.25) is 0 Å². The first-order valence-corrected chi connectivity index (χ1v) is 7.63. The topological polar surface area (TPSA) is 21.3 Å². The van der Waals surface area contributed by atoms with Gasteiger partial charge in [0.2, 0.25) is 0 Å². The predicted octanol–water partition coefficient (Wildman–Crippen LogP) is 4.97. The molecule has 0 atom stereocenters. The first-order valence-electron chi connectivity index (χ1n) is 6.84. The van der Waals surface area contributed by atoms with Gasteiger partial charge in [0.15, 0.2) is 0 Å². The van der Waals surface area contributed by atoms with Crippen LogP contribution >= 0.6 is 15.9 Å². The van der Waals surface area contributed by atoms with Crippen LogP contribution in [0.15, 0.2) is 40.9 Å². The van der Waals surface area contributed by atoms with Crippen LogP contribution in [0.25, 0.3) is 0 Å². The van der Waals surface area contributed by atoms with Crippen molar-refractivity contribution in [3.05, 3.63) is 57.6 Å². The molecule has 0 aliphatic carbocycles. The second-order valence-electron chi connectivity index (χ2n) is 4.90. The number of rotatable bonds is 5. The van der Waals surface area contributed by atoms with Gasteiger partial charge in [-0.2, -0.15) is 0 Å². The number of ether oxygens (including phenoxy) is 1. The summed E-state index contributed by atoms with van der Waals surface area (Å²) in [6, 6.07) is 12.4. The van der Waals surface area contributed by atoms with Crippen LogP contribution in [-0.4, -0.2) is 6.54 Å². The Morgan fingerprint density at radius 1 is 1.05 bits per heavy atom. The minimum absolute atomic E-state index is 0.802. The third-order valence-electron chi connectivity index (χ3n) is 3.15. The highest BCUT2D eigenvalue weighted by Gasteiger charge is 2.07. The van der Waals surface area contributed by atoms with E-state index < -0.39 is 0 Å². The summed E-state index contributed by atoms with van der Waals surface area (Å²) in [5.74, 6) is 1.83. The molecule has 106 valence electrons. The van der Waals surface area contributed by atoms with Crippen molar-refractivity contribution in [2.24, 2.45) is 0 Å². The SMILES string of the molecule is CCNCc1cc(Br)ccc1Oc1cc(C)ccc1C. The molecule has 2 aromatic carbocycles. The van der Waals surface area contributed by atoms with Crippen LogP contribution in [0, 0.1) is 13.8 Å². The van der Waals surface area contributed by atoms with E-state index in [9.17, 15) is 0 Å². The van der Waals surface area contributed by atoms with Gasteiger partial charge in [-0.25, -0.2) is 0 Å². The lowest BCUT2D eigenvalue weighted by Crippen LogP contribution is -2.12. The lowest BCUT2D eigenvalue weighted by atomic mass is 10.1. The molecule has 2 aromatic rings. The van der Waals surface area contributed by atoms with Crippen molar-refractivity contribution in [1.29, 1.82) is 0 Å². The number of halogens is 1. The number of benzene rings is 2. The second kappa shape index (κ2) is 6.91. The van der Waals surface area contributed by atoms with Crippen LogP contribution in [0.2, 0.25) is 0 Å². The Morgan fingerprint density at radius 3 is 2.60 bits per heavy atom. The molecule has 0 aliphatic heterocycles. The lowest BCUT2D eigenvalue weighted by Gasteiger charge is -2.14. The molecule has 0 heterocycles. The molecule has 0 amide bonds. The quantitative estimate of drug-likeness (QED) is 0.834. The van der Waals surface area contributed by atoms with E-state index in [1.807, 2.05) is 12.1 Å². The maximum atomic E-state index is 6.11. The third-order valence-corrected chi connectivity index (χ3v) is 3.64. The fraction of sp³-hybridized carbons (Fsp3) is 0.294. The molecule has 0 fully saturated rings.